The largest absolute Gasteiger partial charge is 0.462 e. The Morgan fingerprint density at radius 2 is 2.05 bits per heavy atom. The Kier molecular flexibility index (Phi) is 3.50. The molecule has 112 valence electrons. The predicted octanol–water partition coefficient (Wildman–Crippen LogP) is 2.20. The molecule has 22 heavy (non-hydrogen) atoms. The van der Waals surface area contributed by atoms with Crippen molar-refractivity contribution in [3.63, 3.8) is 0 Å². The summed E-state index contributed by atoms with van der Waals surface area (Å²) in [5, 5.41) is 5.16. The summed E-state index contributed by atoms with van der Waals surface area (Å²) in [6, 6.07) is 11.0. The third-order valence-corrected chi connectivity index (χ3v) is 3.37. The Labute approximate surface area is 126 Å². The fourth-order valence-corrected chi connectivity index (χ4v) is 2.33. The van der Waals surface area contributed by atoms with E-state index in [-0.39, 0.29) is 12.2 Å². The van der Waals surface area contributed by atoms with E-state index < -0.39 is 11.5 Å². The first-order valence-electron chi connectivity index (χ1n) is 6.97. The molecule has 3 rings (SSSR count). The molecule has 0 radical (unpaired) electrons. The zero-order valence-corrected chi connectivity index (χ0v) is 12.3. The zero-order chi connectivity index (χ0) is 15.7. The fraction of sp³-hybridized carbons (Fsp3) is 0.188. The van der Waals surface area contributed by atoms with E-state index in [4.69, 9.17) is 4.74 Å². The number of nitrogens with one attached hydrogen (secondary N) is 1. The number of aromatic nitrogens is 3. The Balaban J connectivity index is 2.22. The van der Waals surface area contributed by atoms with Gasteiger partial charge >= 0.3 is 5.97 Å². The number of fused-ring (bicyclic) bond motifs is 1. The lowest BCUT2D eigenvalue weighted by molar-refractivity contribution is 0.0524. The normalized spacial score (nSPS) is 10.8. The maximum atomic E-state index is 12.1. The van der Waals surface area contributed by atoms with Crippen LogP contribution in [0, 0.1) is 6.92 Å². The Hall–Kier alpha value is -2.89. The van der Waals surface area contributed by atoms with Crippen LogP contribution < -0.4 is 5.56 Å². The van der Waals surface area contributed by atoms with Crippen molar-refractivity contribution in [1.29, 1.82) is 0 Å². The Morgan fingerprint density at radius 1 is 1.32 bits per heavy atom. The van der Waals surface area contributed by atoms with Crippen LogP contribution in [-0.4, -0.2) is 27.3 Å². The van der Waals surface area contributed by atoms with Crippen LogP contribution in [0.3, 0.4) is 0 Å². The third-order valence-electron chi connectivity index (χ3n) is 3.37. The molecule has 0 aliphatic heterocycles. The summed E-state index contributed by atoms with van der Waals surface area (Å²) < 4.78 is 6.56. The van der Waals surface area contributed by atoms with E-state index in [1.54, 1.807) is 11.6 Å². The minimum Gasteiger partial charge on any atom is -0.462 e. The lowest BCUT2D eigenvalue weighted by Crippen LogP contribution is -2.20. The number of hydrogen-bond acceptors (Lipinski definition) is 4. The molecule has 2 heterocycles. The highest BCUT2D eigenvalue weighted by Gasteiger charge is 2.17. The third kappa shape index (κ3) is 2.28. The fourth-order valence-electron chi connectivity index (χ4n) is 2.33. The van der Waals surface area contributed by atoms with E-state index in [9.17, 15) is 9.59 Å². The summed E-state index contributed by atoms with van der Waals surface area (Å²) in [6.45, 7) is 3.75. The molecule has 0 fully saturated rings. The van der Waals surface area contributed by atoms with Crippen LogP contribution in [-0.2, 0) is 4.74 Å². The number of carbonyl (C=O) groups is 1. The monoisotopic (exact) mass is 297 g/mol. The number of aromatic amines is 1. The summed E-state index contributed by atoms with van der Waals surface area (Å²) in [6.07, 6.45) is 0. The van der Waals surface area contributed by atoms with Crippen LogP contribution in [0.2, 0.25) is 0 Å². The molecule has 1 aromatic carbocycles. The second-order valence-electron chi connectivity index (χ2n) is 4.83. The summed E-state index contributed by atoms with van der Waals surface area (Å²) >= 11 is 0. The highest BCUT2D eigenvalue weighted by molar-refractivity contribution is 5.93. The smallest absolute Gasteiger partial charge is 0.343 e. The van der Waals surface area contributed by atoms with Crippen LogP contribution in [0.5, 0.6) is 0 Å². The van der Waals surface area contributed by atoms with Crippen molar-refractivity contribution in [1.82, 2.24) is 14.8 Å². The van der Waals surface area contributed by atoms with Crippen LogP contribution in [0.1, 0.15) is 23.0 Å². The number of benzene rings is 1. The second-order valence-corrected chi connectivity index (χ2v) is 4.83. The molecule has 0 aliphatic carbocycles. The first-order valence-corrected chi connectivity index (χ1v) is 6.97. The lowest BCUT2D eigenvalue weighted by atomic mass is 10.2. The molecule has 3 aromatic rings. The van der Waals surface area contributed by atoms with Gasteiger partial charge in [-0.25, -0.2) is 9.48 Å². The topological polar surface area (TPSA) is 77.0 Å². The van der Waals surface area contributed by atoms with Crippen LogP contribution >= 0.6 is 0 Å². The molecule has 0 amide bonds. The van der Waals surface area contributed by atoms with E-state index >= 15 is 0 Å². The number of esters is 1. The van der Waals surface area contributed by atoms with Gasteiger partial charge in [0.1, 0.15) is 11.2 Å². The van der Waals surface area contributed by atoms with Gasteiger partial charge in [-0.05, 0) is 32.0 Å². The first-order chi connectivity index (χ1) is 10.6. The summed E-state index contributed by atoms with van der Waals surface area (Å²) in [7, 11) is 0. The number of aryl methyl sites for hydroxylation is 1. The van der Waals surface area contributed by atoms with Gasteiger partial charge in [0.2, 0.25) is 0 Å². The maximum Gasteiger partial charge on any atom is 0.343 e. The van der Waals surface area contributed by atoms with Gasteiger partial charge in [0, 0.05) is 5.39 Å². The van der Waals surface area contributed by atoms with Crippen molar-refractivity contribution < 1.29 is 9.53 Å². The number of ether oxygens (including phenoxy) is 1. The first kappa shape index (κ1) is 14.1. The molecular formula is C16H15N3O3. The number of hydrogen-bond donors (Lipinski definition) is 1. The average Bonchev–Trinajstić information content (AvgIpc) is 2.84. The average molecular weight is 297 g/mol. The quantitative estimate of drug-likeness (QED) is 0.752. The van der Waals surface area contributed by atoms with Crippen molar-refractivity contribution in [2.24, 2.45) is 0 Å². The minimum absolute atomic E-state index is 0.00920. The van der Waals surface area contributed by atoms with Crippen molar-refractivity contribution in [3.8, 4) is 5.69 Å². The van der Waals surface area contributed by atoms with Gasteiger partial charge in [0.15, 0.2) is 0 Å². The summed E-state index contributed by atoms with van der Waals surface area (Å²) in [5.41, 5.74) is 1.62. The molecule has 0 spiro atoms. The standard InChI is InChI=1S/C16H15N3O3/c1-3-22-16(21)13-9-12-10(2)18-19(14(12)17-15(13)20)11-7-5-4-6-8-11/h4-9H,3H2,1-2H3,(H,17,20). The van der Waals surface area contributed by atoms with Crippen LogP contribution in [0.15, 0.2) is 41.2 Å². The minimum atomic E-state index is -0.627. The highest BCUT2D eigenvalue weighted by Crippen LogP contribution is 2.19. The summed E-state index contributed by atoms with van der Waals surface area (Å²) in [5.74, 6) is -0.627. The molecule has 0 bridgehead atoms. The number of nitrogens with zero attached hydrogens (tertiary/aromatic N) is 2. The lowest BCUT2D eigenvalue weighted by Gasteiger charge is -2.04. The van der Waals surface area contributed by atoms with Gasteiger partial charge in [0.05, 0.1) is 18.0 Å². The SMILES string of the molecule is CCOC(=O)c1cc2c(C)nn(-c3ccccc3)c2[nH]c1=O. The molecule has 1 N–H and O–H groups in total. The number of H-pyrrole nitrogens is 1. The van der Waals surface area contributed by atoms with E-state index in [2.05, 4.69) is 10.1 Å². The predicted molar refractivity (Wildman–Crippen MR) is 82.4 cm³/mol. The van der Waals surface area contributed by atoms with Gasteiger partial charge in [-0.15, -0.1) is 0 Å². The highest BCUT2D eigenvalue weighted by atomic mass is 16.5. The van der Waals surface area contributed by atoms with Gasteiger partial charge < -0.3 is 9.72 Å². The number of rotatable bonds is 3. The molecule has 0 atom stereocenters. The number of carbonyl (C=O) groups excluding carboxylic acids is 1. The molecule has 0 aliphatic rings. The molecule has 0 saturated heterocycles. The van der Waals surface area contributed by atoms with Gasteiger partial charge in [-0.3, -0.25) is 4.79 Å². The Bertz CT molecular complexity index is 894. The van der Waals surface area contributed by atoms with Crippen LogP contribution in [0.25, 0.3) is 16.7 Å². The molecule has 0 saturated carbocycles. The van der Waals surface area contributed by atoms with Crippen molar-refractivity contribution in [2.45, 2.75) is 13.8 Å². The van der Waals surface area contributed by atoms with Gasteiger partial charge in [-0.2, -0.15) is 5.10 Å². The van der Waals surface area contributed by atoms with Crippen molar-refractivity contribution in [2.75, 3.05) is 6.61 Å². The van der Waals surface area contributed by atoms with E-state index in [1.165, 1.54) is 6.07 Å². The molecular weight excluding hydrogens is 282 g/mol. The Morgan fingerprint density at radius 3 is 2.73 bits per heavy atom. The van der Waals surface area contributed by atoms with Gasteiger partial charge in [-0.1, -0.05) is 18.2 Å². The van der Waals surface area contributed by atoms with Crippen molar-refractivity contribution >= 4 is 17.0 Å². The van der Waals surface area contributed by atoms with Crippen molar-refractivity contribution in [3.05, 3.63) is 58.0 Å². The number of pyridine rings is 1. The zero-order valence-electron chi connectivity index (χ0n) is 12.3. The van der Waals surface area contributed by atoms with E-state index in [0.29, 0.717) is 11.0 Å². The molecule has 2 aromatic heterocycles. The van der Waals surface area contributed by atoms with E-state index in [1.807, 2.05) is 37.3 Å². The second kappa shape index (κ2) is 5.48. The van der Waals surface area contributed by atoms with Gasteiger partial charge in [0.25, 0.3) is 5.56 Å². The molecule has 6 heteroatoms. The summed E-state index contributed by atoms with van der Waals surface area (Å²) in [4.78, 5) is 26.7. The number of para-hydroxylation sites is 1. The maximum absolute atomic E-state index is 12.1. The van der Waals surface area contributed by atoms with E-state index in [0.717, 1.165) is 11.4 Å². The van der Waals surface area contributed by atoms with Crippen LogP contribution in [0.4, 0.5) is 0 Å². The molecule has 0 unspecified atom stereocenters. The molecule has 6 nitrogen and oxygen atoms in total.